The van der Waals surface area contributed by atoms with Crippen LogP contribution in [-0.2, 0) is 9.59 Å². The molecular weight excluding hydrogens is 432 g/mol. The summed E-state index contributed by atoms with van der Waals surface area (Å²) in [5.41, 5.74) is 1.16. The lowest BCUT2D eigenvalue weighted by molar-refractivity contribution is -0.140. The number of rotatable bonds is 10. The third kappa shape index (κ3) is 5.25. The largest absolute Gasteiger partial charge is 0.507 e. The van der Waals surface area contributed by atoms with E-state index in [1.54, 1.807) is 42.3 Å². The molecule has 0 saturated carbocycles. The van der Waals surface area contributed by atoms with Gasteiger partial charge in [-0.25, -0.2) is 0 Å². The minimum absolute atomic E-state index is 0.0149. The molecule has 7 heteroatoms. The number of carbonyl (C=O) groups excluding carboxylic acids is 2. The second-order valence-corrected chi connectivity index (χ2v) is 8.45. The van der Waals surface area contributed by atoms with Crippen molar-refractivity contribution in [3.05, 3.63) is 65.2 Å². The highest BCUT2D eigenvalue weighted by molar-refractivity contribution is 6.46. The van der Waals surface area contributed by atoms with Crippen molar-refractivity contribution in [3.63, 3.8) is 0 Å². The molecule has 7 nitrogen and oxygen atoms in total. The fraction of sp³-hybridized carbons (Fsp3) is 0.407. The van der Waals surface area contributed by atoms with Crippen molar-refractivity contribution in [1.82, 2.24) is 9.80 Å². The number of ether oxygens (including phenoxy) is 2. The maximum atomic E-state index is 13.2. The van der Waals surface area contributed by atoms with Crippen molar-refractivity contribution in [2.75, 3.05) is 33.3 Å². The molecule has 0 radical (unpaired) electrons. The molecule has 0 bridgehead atoms. The maximum Gasteiger partial charge on any atom is 0.295 e. The molecule has 1 atom stereocenters. The van der Waals surface area contributed by atoms with Crippen molar-refractivity contribution >= 4 is 17.4 Å². The number of ketones is 1. The summed E-state index contributed by atoms with van der Waals surface area (Å²) in [6, 6.07) is 13.4. The Morgan fingerprint density at radius 2 is 1.71 bits per heavy atom. The SMILES string of the molecule is CCN(CC)CCN1C(=O)C(=O)/C(=C(/O)c2ccc(OC(C)C)cc2)[C@@H]1c1ccccc1OC. The molecule has 0 aliphatic carbocycles. The Morgan fingerprint density at radius 1 is 1.06 bits per heavy atom. The lowest BCUT2D eigenvalue weighted by Gasteiger charge is -2.29. The fourth-order valence-electron chi connectivity index (χ4n) is 4.23. The average molecular weight is 467 g/mol. The Kier molecular flexibility index (Phi) is 8.34. The normalized spacial score (nSPS) is 17.6. The van der Waals surface area contributed by atoms with Gasteiger partial charge in [-0.15, -0.1) is 0 Å². The number of Topliss-reactive ketones (excluding diaryl/α,β-unsaturated/α-hetero) is 1. The first-order chi connectivity index (χ1) is 16.3. The van der Waals surface area contributed by atoms with Gasteiger partial charge in [-0.2, -0.15) is 0 Å². The van der Waals surface area contributed by atoms with Crippen LogP contribution < -0.4 is 9.47 Å². The molecule has 1 amide bonds. The highest BCUT2D eigenvalue weighted by Crippen LogP contribution is 2.42. The van der Waals surface area contributed by atoms with Crippen LogP contribution in [0, 0.1) is 0 Å². The van der Waals surface area contributed by atoms with Crippen LogP contribution in [-0.4, -0.2) is 66.0 Å². The predicted molar refractivity (Wildman–Crippen MR) is 132 cm³/mol. The molecule has 1 aliphatic heterocycles. The first kappa shape index (κ1) is 25.3. The van der Waals surface area contributed by atoms with Crippen LogP contribution in [0.3, 0.4) is 0 Å². The highest BCUT2D eigenvalue weighted by Gasteiger charge is 2.46. The Balaban J connectivity index is 2.09. The zero-order valence-corrected chi connectivity index (χ0v) is 20.6. The van der Waals surface area contributed by atoms with E-state index in [0.717, 1.165) is 13.1 Å². The van der Waals surface area contributed by atoms with Crippen LogP contribution in [0.5, 0.6) is 11.5 Å². The summed E-state index contributed by atoms with van der Waals surface area (Å²) in [6.45, 7) is 10.6. The predicted octanol–water partition coefficient (Wildman–Crippen LogP) is 4.25. The summed E-state index contributed by atoms with van der Waals surface area (Å²) in [6.07, 6.45) is 0.0149. The van der Waals surface area contributed by atoms with Gasteiger partial charge in [0.2, 0.25) is 0 Å². The van der Waals surface area contributed by atoms with E-state index in [1.807, 2.05) is 32.0 Å². The van der Waals surface area contributed by atoms with Crippen LogP contribution in [0.2, 0.25) is 0 Å². The molecule has 0 unspecified atom stereocenters. The number of hydrogen-bond acceptors (Lipinski definition) is 6. The summed E-state index contributed by atoms with van der Waals surface area (Å²) in [4.78, 5) is 30.1. The molecular formula is C27H34N2O5. The number of methoxy groups -OCH3 is 1. The van der Waals surface area contributed by atoms with Crippen LogP contribution in [0.25, 0.3) is 5.76 Å². The van der Waals surface area contributed by atoms with Crippen molar-refractivity contribution in [1.29, 1.82) is 0 Å². The van der Waals surface area contributed by atoms with E-state index < -0.39 is 17.7 Å². The minimum Gasteiger partial charge on any atom is -0.507 e. The van der Waals surface area contributed by atoms with Crippen LogP contribution >= 0.6 is 0 Å². The second-order valence-electron chi connectivity index (χ2n) is 8.45. The lowest BCUT2D eigenvalue weighted by atomic mass is 9.94. The van der Waals surface area contributed by atoms with Gasteiger partial charge in [0.25, 0.3) is 11.7 Å². The molecule has 2 aromatic carbocycles. The molecule has 1 saturated heterocycles. The average Bonchev–Trinajstić information content (AvgIpc) is 3.09. The summed E-state index contributed by atoms with van der Waals surface area (Å²) < 4.78 is 11.2. The van der Waals surface area contributed by atoms with Crippen molar-refractivity contribution in [2.24, 2.45) is 0 Å². The molecule has 0 spiro atoms. The number of nitrogens with zero attached hydrogens (tertiary/aromatic N) is 2. The summed E-state index contributed by atoms with van der Waals surface area (Å²) in [5.74, 6) is -0.322. The molecule has 34 heavy (non-hydrogen) atoms. The monoisotopic (exact) mass is 466 g/mol. The Morgan fingerprint density at radius 3 is 2.29 bits per heavy atom. The maximum absolute atomic E-state index is 13.2. The quantitative estimate of drug-likeness (QED) is 0.320. The molecule has 0 aromatic heterocycles. The fourth-order valence-corrected chi connectivity index (χ4v) is 4.23. The van der Waals surface area contributed by atoms with Crippen LogP contribution in [0.1, 0.15) is 44.9 Å². The number of likely N-dealkylation sites (tertiary alicyclic amines) is 1. The van der Waals surface area contributed by atoms with E-state index in [0.29, 0.717) is 35.7 Å². The molecule has 2 aromatic rings. The van der Waals surface area contributed by atoms with Crippen LogP contribution in [0.15, 0.2) is 54.1 Å². The van der Waals surface area contributed by atoms with Crippen molar-refractivity contribution < 1.29 is 24.2 Å². The van der Waals surface area contributed by atoms with E-state index >= 15 is 0 Å². The van der Waals surface area contributed by atoms with E-state index in [4.69, 9.17) is 9.47 Å². The molecule has 3 rings (SSSR count). The number of likely N-dealkylation sites (N-methyl/N-ethyl adjacent to an activating group) is 1. The van der Waals surface area contributed by atoms with Gasteiger partial charge >= 0.3 is 0 Å². The zero-order chi connectivity index (χ0) is 24.8. The second kappa shape index (κ2) is 11.2. The van der Waals surface area contributed by atoms with Gasteiger partial charge in [0.1, 0.15) is 17.3 Å². The number of para-hydroxylation sites is 1. The van der Waals surface area contributed by atoms with Crippen molar-refractivity contribution in [3.8, 4) is 11.5 Å². The summed E-state index contributed by atoms with van der Waals surface area (Å²) >= 11 is 0. The standard InChI is InChI=1S/C27H34N2O5/c1-6-28(7-2)16-17-29-24(21-10-8-9-11-22(21)33-5)23(26(31)27(29)32)25(30)19-12-14-20(15-13-19)34-18(3)4/h8-15,18,24,30H,6-7,16-17H2,1-5H3/b25-23+/t24-/m0/s1. The first-order valence-corrected chi connectivity index (χ1v) is 11.7. The van der Waals surface area contributed by atoms with E-state index in [-0.39, 0.29) is 17.4 Å². The molecule has 1 N–H and O–H groups in total. The lowest BCUT2D eigenvalue weighted by Crippen LogP contribution is -2.38. The molecule has 1 fully saturated rings. The van der Waals surface area contributed by atoms with E-state index in [9.17, 15) is 14.7 Å². The van der Waals surface area contributed by atoms with Gasteiger partial charge in [-0.1, -0.05) is 32.0 Å². The molecule has 1 heterocycles. The third-order valence-corrected chi connectivity index (χ3v) is 6.02. The van der Waals surface area contributed by atoms with E-state index in [1.165, 1.54) is 0 Å². The molecule has 182 valence electrons. The number of amides is 1. The first-order valence-electron chi connectivity index (χ1n) is 11.7. The number of benzene rings is 2. The Hall–Kier alpha value is -3.32. The summed E-state index contributed by atoms with van der Waals surface area (Å²) in [5, 5.41) is 11.3. The zero-order valence-electron chi connectivity index (χ0n) is 20.6. The number of carbonyl (C=O) groups is 2. The van der Waals surface area contributed by atoms with Crippen molar-refractivity contribution in [2.45, 2.75) is 39.8 Å². The van der Waals surface area contributed by atoms with Gasteiger partial charge in [-0.3, -0.25) is 9.59 Å². The number of aliphatic hydroxyl groups excluding tert-OH is 1. The number of aliphatic hydroxyl groups is 1. The summed E-state index contributed by atoms with van der Waals surface area (Å²) in [7, 11) is 1.55. The highest BCUT2D eigenvalue weighted by atomic mass is 16.5. The topological polar surface area (TPSA) is 79.3 Å². The van der Waals surface area contributed by atoms with Crippen LogP contribution in [0.4, 0.5) is 0 Å². The van der Waals surface area contributed by atoms with Gasteiger partial charge in [0.15, 0.2) is 0 Å². The Bertz CT molecular complexity index is 1040. The Labute approximate surface area is 201 Å². The third-order valence-electron chi connectivity index (χ3n) is 6.02. The van der Waals surface area contributed by atoms with Gasteiger partial charge < -0.3 is 24.4 Å². The molecule has 1 aliphatic rings. The smallest absolute Gasteiger partial charge is 0.295 e. The minimum atomic E-state index is -0.752. The van der Waals surface area contributed by atoms with Gasteiger partial charge in [0.05, 0.1) is 24.8 Å². The van der Waals surface area contributed by atoms with Gasteiger partial charge in [0, 0.05) is 24.2 Å². The number of hydrogen-bond donors (Lipinski definition) is 1. The van der Waals surface area contributed by atoms with E-state index in [2.05, 4.69) is 18.7 Å². The van der Waals surface area contributed by atoms with Gasteiger partial charge in [-0.05, 0) is 57.3 Å².